The third-order valence-electron chi connectivity index (χ3n) is 3.10. The molecule has 2 rings (SSSR count). The molecule has 104 valence electrons. The van der Waals surface area contributed by atoms with E-state index in [1.807, 2.05) is 24.3 Å². The summed E-state index contributed by atoms with van der Waals surface area (Å²) in [6, 6.07) is 9.48. The Morgan fingerprint density at radius 1 is 1.50 bits per heavy atom. The zero-order valence-corrected chi connectivity index (χ0v) is 11.6. The van der Waals surface area contributed by atoms with E-state index in [1.165, 1.54) is 16.7 Å². The number of hydrogen-bond donors (Lipinski definition) is 1. The van der Waals surface area contributed by atoms with E-state index in [1.54, 1.807) is 0 Å². The molecule has 1 N–H and O–H groups in total. The summed E-state index contributed by atoms with van der Waals surface area (Å²) in [4.78, 5) is 25.4. The lowest BCUT2D eigenvalue weighted by Gasteiger charge is -2.19. The Hall–Kier alpha value is -2.00. The van der Waals surface area contributed by atoms with Crippen LogP contribution in [-0.4, -0.2) is 29.3 Å². The lowest BCUT2D eigenvalue weighted by molar-refractivity contribution is -0.141. The van der Waals surface area contributed by atoms with Gasteiger partial charge in [-0.25, -0.2) is 0 Å². The predicted molar refractivity (Wildman–Crippen MR) is 75.5 cm³/mol. The van der Waals surface area contributed by atoms with Gasteiger partial charge in [-0.15, -0.1) is 11.8 Å². The molecule has 0 bridgehead atoms. The molecule has 1 saturated heterocycles. The highest BCUT2D eigenvalue weighted by Gasteiger charge is 2.35. The van der Waals surface area contributed by atoms with Crippen molar-refractivity contribution in [1.29, 1.82) is 5.26 Å². The fraction of sp³-hybridized carbons (Fsp3) is 0.357. The molecule has 0 aliphatic carbocycles. The van der Waals surface area contributed by atoms with Crippen molar-refractivity contribution in [2.24, 2.45) is 5.92 Å². The van der Waals surface area contributed by atoms with Gasteiger partial charge >= 0.3 is 5.97 Å². The molecular formula is C14H14N2O3S. The summed E-state index contributed by atoms with van der Waals surface area (Å²) >= 11 is 1.51. The van der Waals surface area contributed by atoms with Crippen LogP contribution >= 0.6 is 11.8 Å². The van der Waals surface area contributed by atoms with Crippen molar-refractivity contribution in [3.8, 4) is 6.07 Å². The second kappa shape index (κ2) is 6.44. The summed E-state index contributed by atoms with van der Waals surface area (Å²) in [5, 5.41) is 17.6. The van der Waals surface area contributed by atoms with Crippen molar-refractivity contribution in [3.05, 3.63) is 24.3 Å². The summed E-state index contributed by atoms with van der Waals surface area (Å²) in [6.07, 6.45) is 0.483. The smallest absolute Gasteiger partial charge is 0.308 e. The first kappa shape index (κ1) is 14.4. The quantitative estimate of drug-likeness (QED) is 0.663. The van der Waals surface area contributed by atoms with Crippen molar-refractivity contribution in [1.82, 2.24) is 0 Å². The Bertz CT molecular complexity index is 568. The van der Waals surface area contributed by atoms with Crippen LogP contribution in [0.25, 0.3) is 0 Å². The highest BCUT2D eigenvalue weighted by Crippen LogP contribution is 2.34. The monoisotopic (exact) mass is 290 g/mol. The summed E-state index contributed by atoms with van der Waals surface area (Å²) in [7, 11) is 0. The molecule has 1 aromatic rings. The molecule has 0 saturated carbocycles. The van der Waals surface area contributed by atoms with E-state index in [4.69, 9.17) is 10.4 Å². The molecule has 1 atom stereocenters. The molecule has 6 heteroatoms. The van der Waals surface area contributed by atoms with E-state index in [2.05, 4.69) is 6.07 Å². The average Bonchev–Trinajstić information content (AvgIpc) is 2.82. The molecule has 5 nitrogen and oxygen atoms in total. The van der Waals surface area contributed by atoms with Gasteiger partial charge in [-0.1, -0.05) is 12.1 Å². The molecule has 1 fully saturated rings. The van der Waals surface area contributed by atoms with Crippen LogP contribution in [0.15, 0.2) is 29.2 Å². The predicted octanol–water partition coefficient (Wildman–Crippen LogP) is 2.13. The molecule has 1 heterocycles. The Morgan fingerprint density at radius 2 is 2.25 bits per heavy atom. The first-order valence-electron chi connectivity index (χ1n) is 6.25. The number of para-hydroxylation sites is 1. The van der Waals surface area contributed by atoms with Gasteiger partial charge < -0.3 is 10.0 Å². The summed E-state index contributed by atoms with van der Waals surface area (Å²) < 4.78 is 0. The number of carboxylic acids is 1. The van der Waals surface area contributed by atoms with Gasteiger partial charge in [0.15, 0.2) is 0 Å². The lowest BCUT2D eigenvalue weighted by atomic mass is 10.1. The number of anilines is 1. The summed E-state index contributed by atoms with van der Waals surface area (Å²) in [5.74, 6) is -1.08. The fourth-order valence-corrected chi connectivity index (χ4v) is 3.03. The number of rotatable bonds is 5. The second-order valence-corrected chi connectivity index (χ2v) is 5.60. The number of nitriles is 1. The molecule has 0 spiro atoms. The molecule has 1 unspecified atom stereocenters. The number of carboxylic acid groups (broad SMARTS) is 1. The van der Waals surface area contributed by atoms with Crippen LogP contribution in [0.1, 0.15) is 12.8 Å². The number of nitrogens with zero attached hydrogens (tertiary/aromatic N) is 2. The van der Waals surface area contributed by atoms with Gasteiger partial charge in [0.25, 0.3) is 0 Å². The van der Waals surface area contributed by atoms with Gasteiger partial charge in [-0.05, 0) is 12.1 Å². The number of thioether (sulfide) groups is 1. The lowest BCUT2D eigenvalue weighted by Crippen LogP contribution is -2.26. The van der Waals surface area contributed by atoms with Crippen LogP contribution in [0, 0.1) is 17.2 Å². The Balaban J connectivity index is 2.18. The van der Waals surface area contributed by atoms with Gasteiger partial charge in [-0.3, -0.25) is 9.59 Å². The number of benzene rings is 1. The molecule has 0 aromatic heterocycles. The molecule has 1 aliphatic heterocycles. The maximum Gasteiger partial charge on any atom is 0.308 e. The minimum atomic E-state index is -0.935. The topological polar surface area (TPSA) is 81.4 Å². The Kier molecular flexibility index (Phi) is 4.64. The number of aliphatic carboxylic acids is 1. The van der Waals surface area contributed by atoms with E-state index in [9.17, 15) is 9.59 Å². The molecule has 1 aliphatic rings. The van der Waals surface area contributed by atoms with E-state index in [-0.39, 0.29) is 18.9 Å². The van der Waals surface area contributed by atoms with Crippen molar-refractivity contribution >= 4 is 29.3 Å². The van der Waals surface area contributed by atoms with Crippen LogP contribution in [0.5, 0.6) is 0 Å². The van der Waals surface area contributed by atoms with Crippen molar-refractivity contribution in [2.75, 3.05) is 17.2 Å². The van der Waals surface area contributed by atoms with Crippen LogP contribution in [-0.2, 0) is 9.59 Å². The van der Waals surface area contributed by atoms with Crippen LogP contribution < -0.4 is 4.90 Å². The van der Waals surface area contributed by atoms with Crippen molar-refractivity contribution < 1.29 is 14.7 Å². The SMILES string of the molecule is N#CCCSc1ccccc1N1CC(C(=O)O)CC1=O. The number of amides is 1. The molecule has 1 aromatic carbocycles. The zero-order valence-electron chi connectivity index (χ0n) is 10.8. The van der Waals surface area contributed by atoms with Gasteiger partial charge in [-0.2, -0.15) is 5.26 Å². The molecule has 0 radical (unpaired) electrons. The minimum Gasteiger partial charge on any atom is -0.481 e. The summed E-state index contributed by atoms with van der Waals surface area (Å²) in [6.45, 7) is 0.212. The normalized spacial score (nSPS) is 18.1. The van der Waals surface area contributed by atoms with Crippen LogP contribution in [0.4, 0.5) is 5.69 Å². The van der Waals surface area contributed by atoms with Crippen LogP contribution in [0.2, 0.25) is 0 Å². The minimum absolute atomic E-state index is 0.0481. The number of hydrogen-bond acceptors (Lipinski definition) is 4. The van der Waals surface area contributed by atoms with Gasteiger partial charge in [0.05, 0.1) is 17.7 Å². The van der Waals surface area contributed by atoms with E-state index in [0.29, 0.717) is 12.2 Å². The van der Waals surface area contributed by atoms with Gasteiger partial charge in [0.1, 0.15) is 0 Å². The van der Waals surface area contributed by atoms with Crippen molar-refractivity contribution in [3.63, 3.8) is 0 Å². The Morgan fingerprint density at radius 3 is 2.90 bits per heavy atom. The van der Waals surface area contributed by atoms with Gasteiger partial charge in [0.2, 0.25) is 5.91 Å². The third kappa shape index (κ3) is 3.11. The zero-order chi connectivity index (χ0) is 14.5. The first-order valence-corrected chi connectivity index (χ1v) is 7.24. The second-order valence-electron chi connectivity index (χ2n) is 4.47. The molecule has 1 amide bonds. The van der Waals surface area contributed by atoms with Gasteiger partial charge in [0, 0.05) is 30.0 Å². The van der Waals surface area contributed by atoms with E-state index < -0.39 is 11.9 Å². The first-order chi connectivity index (χ1) is 9.63. The highest BCUT2D eigenvalue weighted by atomic mass is 32.2. The van der Waals surface area contributed by atoms with E-state index >= 15 is 0 Å². The van der Waals surface area contributed by atoms with Crippen LogP contribution in [0.3, 0.4) is 0 Å². The van der Waals surface area contributed by atoms with Crippen molar-refractivity contribution in [2.45, 2.75) is 17.7 Å². The Labute approximate surface area is 121 Å². The number of carbonyl (C=O) groups excluding carboxylic acids is 1. The standard InChI is InChI=1S/C14H14N2O3S/c15-6-3-7-20-12-5-2-1-4-11(12)16-9-10(14(18)19)8-13(16)17/h1-2,4-5,10H,3,7-9H2,(H,18,19). The molecule has 20 heavy (non-hydrogen) atoms. The maximum atomic E-state index is 12.0. The fourth-order valence-electron chi connectivity index (χ4n) is 2.11. The van der Waals surface area contributed by atoms with E-state index in [0.717, 1.165) is 10.6 Å². The molecular weight excluding hydrogens is 276 g/mol. The third-order valence-corrected chi connectivity index (χ3v) is 4.17. The average molecular weight is 290 g/mol. The largest absolute Gasteiger partial charge is 0.481 e. The number of carbonyl (C=O) groups is 2. The highest BCUT2D eigenvalue weighted by molar-refractivity contribution is 7.99. The summed E-state index contributed by atoms with van der Waals surface area (Å²) in [5.41, 5.74) is 0.740. The maximum absolute atomic E-state index is 12.0.